The molecule has 0 saturated carbocycles. The van der Waals surface area contributed by atoms with Crippen LogP contribution in [0.1, 0.15) is 44.6 Å². The van der Waals surface area contributed by atoms with Crippen LogP contribution in [0.4, 0.5) is 0 Å². The molecule has 0 bridgehead atoms. The Morgan fingerprint density at radius 2 is 2.00 bits per heavy atom. The van der Waals surface area contributed by atoms with Crippen LogP contribution in [-0.2, 0) is 0 Å². The quantitative estimate of drug-likeness (QED) is 0.652. The van der Waals surface area contributed by atoms with Crippen LogP contribution in [0, 0.1) is 5.41 Å². The molecule has 1 heterocycles. The largest absolute Gasteiger partial charge is 0.126 e. The molecule has 1 atom stereocenters. The molecule has 94 valence electrons. The minimum absolute atomic E-state index is 0.338. The summed E-state index contributed by atoms with van der Waals surface area (Å²) in [7, 11) is 0. The van der Waals surface area contributed by atoms with Crippen molar-refractivity contribution in [3.05, 3.63) is 29.8 Å². The Morgan fingerprint density at radius 1 is 1.29 bits per heavy atom. The Hall–Kier alpha value is -0.140. The molecule has 0 aromatic heterocycles. The highest BCUT2D eigenvalue weighted by molar-refractivity contribution is 7.99. The van der Waals surface area contributed by atoms with Crippen LogP contribution in [0.15, 0.2) is 29.2 Å². The summed E-state index contributed by atoms with van der Waals surface area (Å²) in [6.45, 7) is 4.56. The summed E-state index contributed by atoms with van der Waals surface area (Å²) < 4.78 is 0. The number of alkyl halides is 1. The Bertz CT molecular complexity index is 363. The van der Waals surface area contributed by atoms with Gasteiger partial charge in [0.1, 0.15) is 0 Å². The maximum Gasteiger partial charge on any atom is 0.0280 e. The molecule has 0 nitrogen and oxygen atoms in total. The van der Waals surface area contributed by atoms with Gasteiger partial charge in [0.2, 0.25) is 0 Å². The third kappa shape index (κ3) is 2.66. The van der Waals surface area contributed by atoms with Crippen LogP contribution in [-0.4, -0.2) is 11.6 Å². The van der Waals surface area contributed by atoms with Crippen LogP contribution in [0.5, 0.6) is 0 Å². The van der Waals surface area contributed by atoms with Gasteiger partial charge in [-0.25, -0.2) is 0 Å². The number of hydrogen-bond donors (Lipinski definition) is 0. The maximum atomic E-state index is 6.22. The topological polar surface area (TPSA) is 0 Å². The number of thioether (sulfide) groups is 1. The van der Waals surface area contributed by atoms with Crippen LogP contribution < -0.4 is 0 Å². The van der Waals surface area contributed by atoms with E-state index in [9.17, 15) is 0 Å². The molecule has 0 saturated heterocycles. The Kier molecular flexibility index (Phi) is 4.43. The average Bonchev–Trinajstić information content (AvgIpc) is 2.79. The smallest absolute Gasteiger partial charge is 0.0280 e. The summed E-state index contributed by atoms with van der Waals surface area (Å²) >= 11 is 8.23. The van der Waals surface area contributed by atoms with Crippen molar-refractivity contribution in [3.63, 3.8) is 0 Å². The van der Waals surface area contributed by atoms with Crippen molar-refractivity contribution in [2.45, 2.75) is 43.9 Å². The summed E-state index contributed by atoms with van der Waals surface area (Å²) in [5, 5.41) is 0. The van der Waals surface area contributed by atoms with Crippen LogP contribution in [0.2, 0.25) is 0 Å². The normalized spacial score (nSPS) is 19.4. The van der Waals surface area contributed by atoms with Gasteiger partial charge in [-0.1, -0.05) is 32.0 Å². The first-order chi connectivity index (χ1) is 8.24. The van der Waals surface area contributed by atoms with Gasteiger partial charge in [-0.15, -0.1) is 23.4 Å². The molecule has 2 heteroatoms. The molecule has 17 heavy (non-hydrogen) atoms. The van der Waals surface area contributed by atoms with Gasteiger partial charge in [-0.3, -0.25) is 0 Å². The molecule has 0 radical (unpaired) electrons. The van der Waals surface area contributed by atoms with Crippen molar-refractivity contribution >= 4 is 23.4 Å². The molecule has 0 amide bonds. The zero-order valence-corrected chi connectivity index (χ0v) is 12.3. The molecule has 2 rings (SSSR count). The Labute approximate surface area is 114 Å². The minimum atomic E-state index is 0.338. The van der Waals surface area contributed by atoms with Gasteiger partial charge in [0.05, 0.1) is 0 Å². The SMILES string of the molecule is CCC(CC)(CCl)CC1CSc2ccccc21. The van der Waals surface area contributed by atoms with Crippen molar-refractivity contribution < 1.29 is 0 Å². The van der Waals surface area contributed by atoms with E-state index in [0.29, 0.717) is 11.3 Å². The van der Waals surface area contributed by atoms with Crippen molar-refractivity contribution in [1.82, 2.24) is 0 Å². The fourth-order valence-corrected chi connectivity index (χ4v) is 4.44. The molecular formula is C15H21ClS. The first-order valence-corrected chi connectivity index (χ1v) is 8.04. The second-order valence-electron chi connectivity index (χ2n) is 5.09. The average molecular weight is 269 g/mol. The Morgan fingerprint density at radius 3 is 2.65 bits per heavy atom. The zero-order valence-electron chi connectivity index (χ0n) is 10.7. The van der Waals surface area contributed by atoms with Gasteiger partial charge in [-0.2, -0.15) is 0 Å². The first kappa shape index (κ1) is 13.3. The molecule has 0 fully saturated rings. The molecule has 1 unspecified atom stereocenters. The second kappa shape index (κ2) is 5.67. The molecule has 1 aliphatic heterocycles. The fourth-order valence-electron chi connectivity index (χ4n) is 2.70. The van der Waals surface area contributed by atoms with E-state index in [1.807, 2.05) is 11.8 Å². The number of benzene rings is 1. The number of halogens is 1. The number of fused-ring (bicyclic) bond motifs is 1. The van der Waals surface area contributed by atoms with Crippen LogP contribution in [0.3, 0.4) is 0 Å². The van der Waals surface area contributed by atoms with Crippen molar-refractivity contribution in [2.75, 3.05) is 11.6 Å². The van der Waals surface area contributed by atoms with Crippen LogP contribution >= 0.6 is 23.4 Å². The lowest BCUT2D eigenvalue weighted by Crippen LogP contribution is -2.24. The van der Waals surface area contributed by atoms with Crippen LogP contribution in [0.25, 0.3) is 0 Å². The van der Waals surface area contributed by atoms with Gasteiger partial charge in [-0.05, 0) is 42.2 Å². The van der Waals surface area contributed by atoms with Gasteiger partial charge < -0.3 is 0 Å². The summed E-state index contributed by atoms with van der Waals surface area (Å²) in [6, 6.07) is 8.85. The minimum Gasteiger partial charge on any atom is -0.126 e. The predicted octanol–water partition coefficient (Wildman–Crippen LogP) is 5.31. The monoisotopic (exact) mass is 268 g/mol. The van der Waals surface area contributed by atoms with Gasteiger partial charge in [0.15, 0.2) is 0 Å². The zero-order chi connectivity index (χ0) is 12.3. The molecule has 1 aromatic rings. The van der Waals surface area contributed by atoms with E-state index in [1.54, 1.807) is 5.56 Å². The fraction of sp³-hybridized carbons (Fsp3) is 0.600. The van der Waals surface area contributed by atoms with E-state index in [2.05, 4.69) is 38.1 Å². The summed E-state index contributed by atoms with van der Waals surface area (Å²) in [5.41, 5.74) is 1.89. The second-order valence-corrected chi connectivity index (χ2v) is 6.42. The van der Waals surface area contributed by atoms with E-state index in [0.717, 1.165) is 5.88 Å². The first-order valence-electron chi connectivity index (χ1n) is 6.52. The maximum absolute atomic E-state index is 6.22. The third-order valence-electron chi connectivity index (χ3n) is 4.26. The molecular weight excluding hydrogens is 248 g/mol. The molecule has 0 spiro atoms. The van der Waals surface area contributed by atoms with Crippen molar-refractivity contribution in [2.24, 2.45) is 5.41 Å². The lowest BCUT2D eigenvalue weighted by molar-refractivity contribution is 0.262. The van der Waals surface area contributed by atoms with E-state index in [-0.39, 0.29) is 0 Å². The number of hydrogen-bond acceptors (Lipinski definition) is 1. The lowest BCUT2D eigenvalue weighted by Gasteiger charge is -2.32. The highest BCUT2D eigenvalue weighted by atomic mass is 35.5. The van der Waals surface area contributed by atoms with E-state index < -0.39 is 0 Å². The summed E-state index contributed by atoms with van der Waals surface area (Å²) in [5.74, 6) is 2.73. The third-order valence-corrected chi connectivity index (χ3v) is 6.08. The molecule has 0 aliphatic carbocycles. The number of rotatable bonds is 5. The highest BCUT2D eigenvalue weighted by Gasteiger charge is 2.32. The van der Waals surface area contributed by atoms with E-state index in [1.165, 1.54) is 29.9 Å². The van der Waals surface area contributed by atoms with Gasteiger partial charge in [0.25, 0.3) is 0 Å². The van der Waals surface area contributed by atoms with Gasteiger partial charge in [0, 0.05) is 16.5 Å². The van der Waals surface area contributed by atoms with E-state index in [4.69, 9.17) is 11.6 Å². The molecule has 0 N–H and O–H groups in total. The summed E-state index contributed by atoms with van der Waals surface area (Å²) in [6.07, 6.45) is 3.63. The Balaban J connectivity index is 2.16. The predicted molar refractivity (Wildman–Crippen MR) is 78.3 cm³/mol. The molecule has 1 aliphatic rings. The van der Waals surface area contributed by atoms with Crippen molar-refractivity contribution in [1.29, 1.82) is 0 Å². The standard InChI is InChI=1S/C15H21ClS/c1-3-15(4-2,11-16)9-12-10-17-14-8-6-5-7-13(12)14/h5-8,12H,3-4,9-11H2,1-2H3. The lowest BCUT2D eigenvalue weighted by atomic mass is 9.75. The highest BCUT2D eigenvalue weighted by Crippen LogP contribution is 2.47. The van der Waals surface area contributed by atoms with Gasteiger partial charge >= 0.3 is 0 Å². The molecule has 1 aromatic carbocycles. The van der Waals surface area contributed by atoms with E-state index >= 15 is 0 Å². The summed E-state index contributed by atoms with van der Waals surface area (Å²) in [4.78, 5) is 1.48. The van der Waals surface area contributed by atoms with Crippen molar-refractivity contribution in [3.8, 4) is 0 Å².